The van der Waals surface area contributed by atoms with Gasteiger partial charge < -0.3 is 4.42 Å². The third-order valence-corrected chi connectivity index (χ3v) is 13.9. The maximum atomic E-state index is 6.40. The van der Waals surface area contributed by atoms with Crippen molar-refractivity contribution >= 4 is 96.5 Å². The van der Waals surface area contributed by atoms with Gasteiger partial charge in [-0.1, -0.05) is 182 Å². The van der Waals surface area contributed by atoms with Gasteiger partial charge in [0.1, 0.15) is 11.2 Å². The van der Waals surface area contributed by atoms with Crippen molar-refractivity contribution in [3.63, 3.8) is 0 Å². The lowest BCUT2D eigenvalue weighted by Gasteiger charge is -2.18. The monoisotopic (exact) mass is 778 g/mol. The van der Waals surface area contributed by atoms with Crippen molar-refractivity contribution in [1.82, 2.24) is 0 Å². The smallest absolute Gasteiger partial charge is 0.136 e. The largest absolute Gasteiger partial charge is 0.456 e. The summed E-state index contributed by atoms with van der Waals surface area (Å²) in [6.07, 6.45) is 0. The van der Waals surface area contributed by atoms with E-state index in [2.05, 4.69) is 200 Å². The van der Waals surface area contributed by atoms with Crippen LogP contribution in [0.15, 0.2) is 211 Å². The second-order valence-corrected chi connectivity index (χ2v) is 16.9. The first-order valence-corrected chi connectivity index (χ1v) is 21.4. The van der Waals surface area contributed by atoms with E-state index in [9.17, 15) is 0 Å². The van der Waals surface area contributed by atoms with Gasteiger partial charge >= 0.3 is 0 Å². The van der Waals surface area contributed by atoms with Crippen LogP contribution in [0.25, 0.3) is 130 Å². The lowest BCUT2D eigenvalue weighted by atomic mass is 9.84. The molecule has 0 saturated carbocycles. The lowest BCUT2D eigenvalue weighted by Crippen LogP contribution is -1.91. The topological polar surface area (TPSA) is 13.1 Å². The van der Waals surface area contributed by atoms with Crippen LogP contribution in [0.4, 0.5) is 0 Å². The highest BCUT2D eigenvalue weighted by Crippen LogP contribution is 2.50. The standard InChI is InChI=1S/C58H34OS/c1-2-16-35(17-3-1)53-37-18-4-10-24-43(37)56(44-25-11-5-19-38(44)53)48-29-14-27-45-49-34-36(32-33-52(49)60-58(45)48)54-39-20-6-8-22-41(39)55(42-23-9-7-21-40(42)54)47-28-15-31-51-57(47)46-26-12-13-30-50(46)59-51/h1-34H. The zero-order valence-corrected chi connectivity index (χ0v) is 33.3. The molecule has 0 bridgehead atoms. The number of hydrogen-bond acceptors (Lipinski definition) is 2. The number of benzene rings is 11. The summed E-state index contributed by atoms with van der Waals surface area (Å²) in [7, 11) is 0. The molecule has 0 N–H and O–H groups in total. The minimum absolute atomic E-state index is 0.910. The Morgan fingerprint density at radius 1 is 0.283 bits per heavy atom. The van der Waals surface area contributed by atoms with E-state index in [0.29, 0.717) is 0 Å². The van der Waals surface area contributed by atoms with Gasteiger partial charge in [0.05, 0.1) is 0 Å². The molecule has 0 aliphatic carbocycles. The summed E-state index contributed by atoms with van der Waals surface area (Å²) in [6, 6.07) is 75.6. The minimum atomic E-state index is 0.910. The molecule has 0 fully saturated rings. The first-order chi connectivity index (χ1) is 29.8. The van der Waals surface area contributed by atoms with Gasteiger partial charge in [-0.15, -0.1) is 11.3 Å². The van der Waals surface area contributed by atoms with E-state index in [1.165, 1.54) is 108 Å². The number of rotatable bonds is 4. The van der Waals surface area contributed by atoms with Gasteiger partial charge in [0.25, 0.3) is 0 Å². The molecule has 0 atom stereocenters. The number of fused-ring (bicyclic) bond motifs is 10. The van der Waals surface area contributed by atoms with Gasteiger partial charge in [0, 0.05) is 36.5 Å². The Hall–Kier alpha value is -7.52. The first kappa shape index (κ1) is 33.5. The second-order valence-electron chi connectivity index (χ2n) is 15.8. The van der Waals surface area contributed by atoms with E-state index in [-0.39, 0.29) is 0 Å². The zero-order chi connectivity index (χ0) is 39.3. The summed E-state index contributed by atoms with van der Waals surface area (Å²) in [5.74, 6) is 0. The summed E-state index contributed by atoms with van der Waals surface area (Å²) in [4.78, 5) is 0. The molecule has 0 aliphatic heterocycles. The van der Waals surface area contributed by atoms with E-state index in [4.69, 9.17) is 4.42 Å². The third kappa shape index (κ3) is 4.80. The summed E-state index contributed by atoms with van der Waals surface area (Å²) >= 11 is 1.91. The lowest BCUT2D eigenvalue weighted by molar-refractivity contribution is 0.669. The summed E-state index contributed by atoms with van der Waals surface area (Å²) in [5.41, 5.74) is 11.9. The number of para-hydroxylation sites is 1. The Bertz CT molecular complexity index is 3770. The molecular weight excluding hydrogens is 745 g/mol. The quantitative estimate of drug-likeness (QED) is 0.162. The Kier molecular flexibility index (Phi) is 7.24. The van der Waals surface area contributed by atoms with Gasteiger partial charge in [-0.2, -0.15) is 0 Å². The fourth-order valence-corrected chi connectivity index (χ4v) is 11.4. The van der Waals surface area contributed by atoms with E-state index in [0.717, 1.165) is 21.9 Å². The van der Waals surface area contributed by atoms with E-state index >= 15 is 0 Å². The van der Waals surface area contributed by atoms with E-state index in [1.54, 1.807) is 0 Å². The SMILES string of the molecule is c1ccc(-c2c3ccccc3c(-c3cccc4c3sc3ccc(-c5c6ccccc6c(-c6cccc7oc8ccccc8c67)c6ccccc56)cc34)c3ccccc23)cc1. The van der Waals surface area contributed by atoms with Crippen LogP contribution in [0.3, 0.4) is 0 Å². The average Bonchev–Trinajstić information content (AvgIpc) is 3.89. The van der Waals surface area contributed by atoms with Gasteiger partial charge in [-0.25, -0.2) is 0 Å². The van der Waals surface area contributed by atoms with Crippen molar-refractivity contribution in [2.45, 2.75) is 0 Å². The predicted octanol–water partition coefficient (Wildman–Crippen LogP) is 17.2. The number of hydrogen-bond donors (Lipinski definition) is 0. The maximum absolute atomic E-state index is 6.40. The molecular formula is C58H34OS. The normalized spacial score (nSPS) is 12.0. The second kappa shape index (κ2) is 13.0. The summed E-state index contributed by atoms with van der Waals surface area (Å²) in [5, 5.41) is 14.9. The molecule has 2 heteroatoms. The van der Waals surface area contributed by atoms with Gasteiger partial charge in [0.2, 0.25) is 0 Å². The molecule has 0 saturated heterocycles. The Morgan fingerprint density at radius 3 is 1.35 bits per heavy atom. The van der Waals surface area contributed by atoms with Crippen LogP contribution in [-0.4, -0.2) is 0 Å². The fourth-order valence-electron chi connectivity index (χ4n) is 10.2. The van der Waals surface area contributed by atoms with Crippen molar-refractivity contribution < 1.29 is 4.42 Å². The molecule has 0 aliphatic rings. The van der Waals surface area contributed by atoms with E-state index < -0.39 is 0 Å². The highest BCUT2D eigenvalue weighted by atomic mass is 32.1. The minimum Gasteiger partial charge on any atom is -0.456 e. The van der Waals surface area contributed by atoms with Crippen LogP contribution in [-0.2, 0) is 0 Å². The first-order valence-electron chi connectivity index (χ1n) is 20.6. The maximum Gasteiger partial charge on any atom is 0.136 e. The van der Waals surface area contributed by atoms with Gasteiger partial charge in [0.15, 0.2) is 0 Å². The van der Waals surface area contributed by atoms with Crippen LogP contribution >= 0.6 is 11.3 Å². The highest BCUT2D eigenvalue weighted by molar-refractivity contribution is 7.26. The molecule has 13 rings (SSSR count). The van der Waals surface area contributed by atoms with Crippen LogP contribution < -0.4 is 0 Å². The number of thiophene rings is 1. The predicted molar refractivity (Wildman–Crippen MR) is 258 cm³/mol. The van der Waals surface area contributed by atoms with Gasteiger partial charge in [-0.05, 0) is 106 Å². The van der Waals surface area contributed by atoms with Gasteiger partial charge in [-0.3, -0.25) is 0 Å². The molecule has 278 valence electrons. The van der Waals surface area contributed by atoms with Crippen molar-refractivity contribution in [2.24, 2.45) is 0 Å². The average molecular weight is 779 g/mol. The van der Waals surface area contributed by atoms with E-state index in [1.807, 2.05) is 17.4 Å². The van der Waals surface area contributed by atoms with Crippen molar-refractivity contribution in [3.05, 3.63) is 206 Å². The van der Waals surface area contributed by atoms with Crippen LogP contribution in [0.5, 0.6) is 0 Å². The Labute approximate surface area is 350 Å². The van der Waals surface area contributed by atoms with Crippen molar-refractivity contribution in [2.75, 3.05) is 0 Å². The molecule has 11 aromatic carbocycles. The van der Waals surface area contributed by atoms with Crippen molar-refractivity contribution in [3.8, 4) is 44.5 Å². The van der Waals surface area contributed by atoms with Crippen LogP contribution in [0.1, 0.15) is 0 Å². The molecule has 1 nitrogen and oxygen atoms in total. The Morgan fingerprint density at radius 2 is 0.733 bits per heavy atom. The summed E-state index contributed by atoms with van der Waals surface area (Å²) in [6.45, 7) is 0. The highest BCUT2D eigenvalue weighted by Gasteiger charge is 2.22. The molecule has 13 aromatic rings. The fraction of sp³-hybridized carbons (Fsp3) is 0. The Balaban J connectivity index is 1.06. The molecule has 0 unspecified atom stereocenters. The molecule has 0 radical (unpaired) electrons. The molecule has 0 spiro atoms. The number of furan rings is 1. The molecule has 2 aromatic heterocycles. The summed E-state index contributed by atoms with van der Waals surface area (Å²) < 4.78 is 9.01. The van der Waals surface area contributed by atoms with Crippen molar-refractivity contribution in [1.29, 1.82) is 0 Å². The van der Waals surface area contributed by atoms with Crippen LogP contribution in [0, 0.1) is 0 Å². The third-order valence-electron chi connectivity index (χ3n) is 12.7. The van der Waals surface area contributed by atoms with Crippen LogP contribution in [0.2, 0.25) is 0 Å². The molecule has 60 heavy (non-hydrogen) atoms. The molecule has 2 heterocycles. The zero-order valence-electron chi connectivity index (χ0n) is 32.4. The molecule has 0 amide bonds.